The molecule has 21 heavy (non-hydrogen) atoms. The Labute approximate surface area is 121 Å². The van der Waals surface area contributed by atoms with Gasteiger partial charge in [0.05, 0.1) is 33.7 Å². The fraction of sp³-hybridized carbons (Fsp3) is 0.818. The first-order valence-electron chi connectivity index (χ1n) is 5.89. The summed E-state index contributed by atoms with van der Waals surface area (Å²) in [7, 11) is 5.52. The third-order valence-corrected chi connectivity index (χ3v) is 2.11. The van der Waals surface area contributed by atoms with Gasteiger partial charge in [-0.05, 0) is 0 Å². The summed E-state index contributed by atoms with van der Waals surface area (Å²) in [5.74, 6) is -2.73. The van der Waals surface area contributed by atoms with Gasteiger partial charge in [0.1, 0.15) is 24.4 Å². The Morgan fingerprint density at radius 2 is 1.48 bits per heavy atom. The number of rotatable bonds is 7. The van der Waals surface area contributed by atoms with Gasteiger partial charge in [-0.3, -0.25) is 0 Å². The second kappa shape index (κ2) is 9.60. The smallest absolute Gasteiger partial charge is 0.359 e. The number of carbonyl (C=O) groups excluding carboxylic acids is 1. The number of nitrogens with zero attached hydrogens (tertiary/aromatic N) is 1. The molecule has 6 N–H and O–H groups in total. The molecule has 0 aromatic rings. The molecule has 0 fully saturated rings. The van der Waals surface area contributed by atoms with E-state index in [-0.39, 0.29) is 6.54 Å². The number of quaternary nitrogens is 1. The SMILES string of the molecule is C[N+](C)(C)CC(=O)O.O=C([O-])[C@H](O)[C@@H](O)[C@H](O)[C@H](O)CO. The first-order valence-corrected chi connectivity index (χ1v) is 5.89. The zero-order valence-electron chi connectivity index (χ0n) is 12.1. The number of aliphatic hydroxyl groups is 5. The van der Waals surface area contributed by atoms with Crippen LogP contribution in [0.1, 0.15) is 0 Å². The molecule has 0 heterocycles. The lowest BCUT2D eigenvalue weighted by molar-refractivity contribution is -0.862. The van der Waals surface area contributed by atoms with Crippen molar-refractivity contribution >= 4 is 11.9 Å². The van der Waals surface area contributed by atoms with E-state index >= 15 is 0 Å². The number of carboxylic acids is 2. The van der Waals surface area contributed by atoms with Crippen LogP contribution in [0.5, 0.6) is 0 Å². The van der Waals surface area contributed by atoms with Gasteiger partial charge in [0.2, 0.25) is 0 Å². The summed E-state index contributed by atoms with van der Waals surface area (Å²) in [5, 5.41) is 61.7. The maximum atomic E-state index is 10.00. The molecule has 0 aliphatic carbocycles. The number of hydrogen-bond donors (Lipinski definition) is 6. The average molecular weight is 313 g/mol. The van der Waals surface area contributed by atoms with Crippen molar-refractivity contribution in [3.8, 4) is 0 Å². The first kappa shape index (κ1) is 22.0. The highest BCUT2D eigenvalue weighted by Crippen LogP contribution is 2.04. The molecule has 0 aliphatic rings. The maximum Gasteiger partial charge on any atom is 0.359 e. The van der Waals surface area contributed by atoms with Crippen molar-refractivity contribution in [2.24, 2.45) is 0 Å². The number of aliphatic carboxylic acids is 2. The molecule has 0 rings (SSSR count). The van der Waals surface area contributed by atoms with Crippen molar-refractivity contribution in [1.29, 1.82) is 0 Å². The topological polar surface area (TPSA) is 179 Å². The lowest BCUT2D eigenvalue weighted by Gasteiger charge is -2.25. The highest BCUT2D eigenvalue weighted by molar-refractivity contribution is 5.70. The van der Waals surface area contributed by atoms with Crippen molar-refractivity contribution in [3.05, 3.63) is 0 Å². The van der Waals surface area contributed by atoms with E-state index in [1.165, 1.54) is 0 Å². The number of carbonyl (C=O) groups is 2. The zero-order chi connectivity index (χ0) is 17.4. The first-order chi connectivity index (χ1) is 9.33. The molecule has 0 amide bonds. The van der Waals surface area contributed by atoms with Crippen molar-refractivity contribution in [1.82, 2.24) is 0 Å². The van der Waals surface area contributed by atoms with Crippen molar-refractivity contribution in [2.75, 3.05) is 34.3 Å². The van der Waals surface area contributed by atoms with Gasteiger partial charge in [0.15, 0.2) is 6.54 Å². The molecule has 10 heteroatoms. The summed E-state index contributed by atoms with van der Waals surface area (Å²) >= 11 is 0. The Morgan fingerprint density at radius 3 is 1.67 bits per heavy atom. The fourth-order valence-corrected chi connectivity index (χ4v) is 1.07. The molecule has 0 saturated carbocycles. The minimum atomic E-state index is -2.31. The molecule has 10 nitrogen and oxygen atoms in total. The monoisotopic (exact) mass is 313 g/mol. The Morgan fingerprint density at radius 1 is 1.05 bits per heavy atom. The van der Waals surface area contributed by atoms with E-state index in [0.29, 0.717) is 4.48 Å². The highest BCUT2D eigenvalue weighted by atomic mass is 16.4. The van der Waals surface area contributed by atoms with E-state index in [2.05, 4.69) is 0 Å². The van der Waals surface area contributed by atoms with Crippen LogP contribution < -0.4 is 5.11 Å². The molecule has 0 aromatic carbocycles. The van der Waals surface area contributed by atoms with Crippen LogP contribution in [0.25, 0.3) is 0 Å². The third-order valence-electron chi connectivity index (χ3n) is 2.11. The van der Waals surface area contributed by atoms with Gasteiger partial charge in [0, 0.05) is 0 Å². The average Bonchev–Trinajstić information content (AvgIpc) is 2.32. The predicted molar refractivity (Wildman–Crippen MR) is 66.7 cm³/mol. The summed E-state index contributed by atoms with van der Waals surface area (Å²) in [6.45, 7) is -0.683. The Hall–Kier alpha value is -1.30. The number of hydrogen-bond acceptors (Lipinski definition) is 8. The van der Waals surface area contributed by atoms with Crippen molar-refractivity contribution in [2.45, 2.75) is 24.4 Å². The Kier molecular flexibility index (Phi) is 10.1. The van der Waals surface area contributed by atoms with Gasteiger partial charge >= 0.3 is 5.97 Å². The van der Waals surface area contributed by atoms with E-state index in [1.807, 2.05) is 21.1 Å². The van der Waals surface area contributed by atoms with E-state index in [4.69, 9.17) is 30.6 Å². The van der Waals surface area contributed by atoms with E-state index in [0.717, 1.165) is 0 Å². The van der Waals surface area contributed by atoms with Gasteiger partial charge in [-0.2, -0.15) is 0 Å². The molecule has 0 aromatic heterocycles. The van der Waals surface area contributed by atoms with Gasteiger partial charge in [-0.15, -0.1) is 0 Å². The summed E-state index contributed by atoms with van der Waals surface area (Å²) in [6.07, 6.45) is -8.08. The van der Waals surface area contributed by atoms with Gasteiger partial charge < -0.3 is 45.0 Å². The molecule has 0 spiro atoms. The van der Waals surface area contributed by atoms with Gasteiger partial charge in [-0.25, -0.2) is 4.79 Å². The van der Waals surface area contributed by atoms with E-state index < -0.39 is 43.0 Å². The van der Waals surface area contributed by atoms with Crippen LogP contribution in [0.4, 0.5) is 0 Å². The van der Waals surface area contributed by atoms with Crippen LogP contribution in [0.15, 0.2) is 0 Å². The lowest BCUT2D eigenvalue weighted by Crippen LogP contribution is -2.52. The van der Waals surface area contributed by atoms with Crippen molar-refractivity contribution < 1.29 is 49.8 Å². The van der Waals surface area contributed by atoms with Crippen molar-refractivity contribution in [3.63, 3.8) is 0 Å². The second-order valence-electron chi connectivity index (χ2n) is 5.34. The largest absolute Gasteiger partial charge is 0.547 e. The van der Waals surface area contributed by atoms with Crippen LogP contribution in [0.2, 0.25) is 0 Å². The normalized spacial score (nSPS) is 17.0. The van der Waals surface area contributed by atoms with Gasteiger partial charge in [0.25, 0.3) is 0 Å². The van der Waals surface area contributed by atoms with Crippen LogP contribution >= 0.6 is 0 Å². The zero-order valence-corrected chi connectivity index (χ0v) is 12.1. The summed E-state index contributed by atoms with van der Waals surface area (Å²) in [6, 6.07) is 0. The Balaban J connectivity index is 0. The second-order valence-corrected chi connectivity index (χ2v) is 5.34. The third kappa shape index (κ3) is 11.1. The fourth-order valence-electron chi connectivity index (χ4n) is 1.07. The predicted octanol–water partition coefficient (Wildman–Crippen LogP) is -5.05. The quantitative estimate of drug-likeness (QED) is 0.251. The summed E-state index contributed by atoms with van der Waals surface area (Å²) in [4.78, 5) is 20.0. The standard InChI is InChI=1S/C6H12O7.C5H11NO2/c7-1-2(8)3(9)4(10)5(11)6(12)13;1-6(2,3)4-5(7)8/h2-5,7-11H,1H2,(H,12,13);4H2,1-3H3/t2-,3-,4+,5-;/m1./s1. The molecular weight excluding hydrogens is 290 g/mol. The van der Waals surface area contributed by atoms with Crippen LogP contribution in [-0.4, -0.2) is 106 Å². The van der Waals surface area contributed by atoms with Gasteiger partial charge in [-0.1, -0.05) is 0 Å². The van der Waals surface area contributed by atoms with Crippen LogP contribution in [-0.2, 0) is 9.59 Å². The molecule has 4 atom stereocenters. The highest BCUT2D eigenvalue weighted by Gasteiger charge is 2.30. The molecule has 0 unspecified atom stereocenters. The molecule has 126 valence electrons. The lowest BCUT2D eigenvalue weighted by atomic mass is 10.0. The Bertz CT molecular complexity index is 328. The molecule has 0 saturated heterocycles. The number of aliphatic hydroxyl groups excluding tert-OH is 5. The number of likely N-dealkylation sites (N-methyl/N-ethyl adjacent to an activating group) is 1. The van der Waals surface area contributed by atoms with E-state index in [9.17, 15) is 14.7 Å². The summed E-state index contributed by atoms with van der Waals surface area (Å²) < 4.78 is 0.481. The molecule has 0 bridgehead atoms. The van der Waals surface area contributed by atoms with E-state index in [1.54, 1.807) is 0 Å². The number of carboxylic acid groups (broad SMARTS) is 2. The minimum Gasteiger partial charge on any atom is -0.547 e. The minimum absolute atomic E-state index is 0.181. The summed E-state index contributed by atoms with van der Waals surface area (Å²) in [5.41, 5.74) is 0. The van der Waals surface area contributed by atoms with Crippen LogP contribution in [0, 0.1) is 0 Å². The molecule has 0 radical (unpaired) electrons. The van der Waals surface area contributed by atoms with Crippen LogP contribution in [0.3, 0.4) is 0 Å². The maximum absolute atomic E-state index is 10.00. The molecular formula is C11H23NO9. The molecule has 0 aliphatic heterocycles.